The molecule has 160 valence electrons. The van der Waals surface area contributed by atoms with Crippen LogP contribution in [0.5, 0.6) is 11.5 Å². The Hall–Kier alpha value is -3.47. The summed E-state index contributed by atoms with van der Waals surface area (Å²) in [6.07, 6.45) is 2.60. The van der Waals surface area contributed by atoms with Crippen LogP contribution in [0.15, 0.2) is 48.7 Å². The SMILES string of the molecule is COCCN(C)c1cc(Oc2cc(C#N)ccc2-c2ccc(CCN)cn2)cc(C)n1. The molecule has 2 aromatic heterocycles. The van der Waals surface area contributed by atoms with Crippen LogP contribution in [0.4, 0.5) is 5.82 Å². The van der Waals surface area contributed by atoms with Gasteiger partial charge in [0.15, 0.2) is 0 Å². The van der Waals surface area contributed by atoms with Crippen LogP contribution in [0, 0.1) is 18.3 Å². The van der Waals surface area contributed by atoms with Crippen LogP contribution >= 0.6 is 0 Å². The van der Waals surface area contributed by atoms with Gasteiger partial charge in [-0.25, -0.2) is 4.98 Å². The highest BCUT2D eigenvalue weighted by Gasteiger charge is 2.13. The van der Waals surface area contributed by atoms with E-state index in [2.05, 4.69) is 16.0 Å². The third-order valence-electron chi connectivity index (χ3n) is 4.81. The predicted molar refractivity (Wildman–Crippen MR) is 121 cm³/mol. The van der Waals surface area contributed by atoms with Gasteiger partial charge in [0.25, 0.3) is 0 Å². The molecule has 7 nitrogen and oxygen atoms in total. The fraction of sp³-hybridized carbons (Fsp3) is 0.292. The smallest absolute Gasteiger partial charge is 0.138 e. The zero-order valence-electron chi connectivity index (χ0n) is 18.1. The monoisotopic (exact) mass is 417 g/mol. The second-order valence-electron chi connectivity index (χ2n) is 7.23. The van der Waals surface area contributed by atoms with Gasteiger partial charge in [-0.1, -0.05) is 6.07 Å². The van der Waals surface area contributed by atoms with Crippen molar-refractivity contribution in [1.29, 1.82) is 5.26 Å². The van der Waals surface area contributed by atoms with Crippen molar-refractivity contribution in [2.75, 3.05) is 38.8 Å². The van der Waals surface area contributed by atoms with Crippen LogP contribution in [0.2, 0.25) is 0 Å². The number of anilines is 1. The van der Waals surface area contributed by atoms with Gasteiger partial charge in [-0.15, -0.1) is 0 Å². The van der Waals surface area contributed by atoms with Crippen molar-refractivity contribution in [2.24, 2.45) is 5.73 Å². The number of likely N-dealkylation sites (N-methyl/N-ethyl adjacent to an activating group) is 1. The molecule has 0 amide bonds. The third-order valence-corrected chi connectivity index (χ3v) is 4.81. The highest BCUT2D eigenvalue weighted by molar-refractivity contribution is 5.69. The molecule has 0 atom stereocenters. The summed E-state index contributed by atoms with van der Waals surface area (Å²) in [6, 6.07) is 15.2. The van der Waals surface area contributed by atoms with Crippen molar-refractivity contribution in [1.82, 2.24) is 9.97 Å². The standard InChI is InChI=1S/C24H27N5O2/c1-17-12-20(14-24(28-17)29(2)10-11-30-3)31-23-13-19(15-26)4-6-21(23)22-7-5-18(8-9-25)16-27-22/h4-7,12-14,16H,8-11,25H2,1-3H3. The summed E-state index contributed by atoms with van der Waals surface area (Å²) in [7, 11) is 3.63. The average Bonchev–Trinajstić information content (AvgIpc) is 2.78. The summed E-state index contributed by atoms with van der Waals surface area (Å²) in [5.74, 6) is 1.99. The molecule has 2 heterocycles. The van der Waals surface area contributed by atoms with E-state index in [1.54, 1.807) is 19.2 Å². The first-order chi connectivity index (χ1) is 15.0. The third kappa shape index (κ3) is 5.79. The fourth-order valence-corrected chi connectivity index (χ4v) is 3.13. The quantitative estimate of drug-likeness (QED) is 0.567. The lowest BCUT2D eigenvalue weighted by Crippen LogP contribution is -2.23. The van der Waals surface area contributed by atoms with E-state index in [9.17, 15) is 5.26 Å². The van der Waals surface area contributed by atoms with Crippen molar-refractivity contribution in [3.63, 3.8) is 0 Å². The number of ether oxygens (including phenoxy) is 2. The zero-order valence-corrected chi connectivity index (χ0v) is 18.1. The summed E-state index contributed by atoms with van der Waals surface area (Å²) >= 11 is 0. The summed E-state index contributed by atoms with van der Waals surface area (Å²) in [6.45, 7) is 3.81. The van der Waals surface area contributed by atoms with E-state index in [4.69, 9.17) is 15.2 Å². The first-order valence-electron chi connectivity index (χ1n) is 10.1. The molecule has 0 spiro atoms. The average molecular weight is 418 g/mol. The molecule has 3 aromatic rings. The van der Waals surface area contributed by atoms with Crippen LogP contribution in [-0.4, -0.2) is 43.8 Å². The first kappa shape index (κ1) is 22.2. The normalized spacial score (nSPS) is 10.5. The lowest BCUT2D eigenvalue weighted by Gasteiger charge is -2.19. The van der Waals surface area contributed by atoms with Crippen molar-refractivity contribution in [3.8, 4) is 28.8 Å². The Balaban J connectivity index is 1.95. The number of nitrogens with zero attached hydrogens (tertiary/aromatic N) is 4. The lowest BCUT2D eigenvalue weighted by atomic mass is 10.1. The molecular weight excluding hydrogens is 390 g/mol. The maximum atomic E-state index is 9.37. The maximum absolute atomic E-state index is 9.37. The van der Waals surface area contributed by atoms with Gasteiger partial charge in [0, 0.05) is 50.3 Å². The highest BCUT2D eigenvalue weighted by Crippen LogP contribution is 2.34. The number of rotatable bonds is 9. The summed E-state index contributed by atoms with van der Waals surface area (Å²) in [4.78, 5) is 11.2. The Bertz CT molecular complexity index is 1060. The molecule has 1 aromatic carbocycles. The van der Waals surface area contributed by atoms with Crippen molar-refractivity contribution >= 4 is 5.82 Å². The number of pyridine rings is 2. The second kappa shape index (κ2) is 10.5. The Morgan fingerprint density at radius 1 is 1.16 bits per heavy atom. The van der Waals surface area contributed by atoms with Gasteiger partial charge < -0.3 is 20.1 Å². The van der Waals surface area contributed by atoms with Crippen LogP contribution in [0.3, 0.4) is 0 Å². The molecule has 0 fully saturated rings. The minimum Gasteiger partial charge on any atom is -0.456 e. The van der Waals surface area contributed by atoms with Gasteiger partial charge in [-0.2, -0.15) is 5.26 Å². The molecule has 0 unspecified atom stereocenters. The summed E-state index contributed by atoms with van der Waals surface area (Å²) in [5, 5.41) is 9.37. The Kier molecular flexibility index (Phi) is 7.55. The van der Waals surface area contributed by atoms with Crippen molar-refractivity contribution < 1.29 is 9.47 Å². The van der Waals surface area contributed by atoms with Gasteiger partial charge in [0.1, 0.15) is 17.3 Å². The molecule has 0 saturated heterocycles. The Labute approximate surface area is 183 Å². The van der Waals surface area contributed by atoms with E-state index in [0.29, 0.717) is 36.8 Å². The molecule has 0 aliphatic carbocycles. The van der Waals surface area contributed by atoms with Crippen LogP contribution < -0.4 is 15.4 Å². The lowest BCUT2D eigenvalue weighted by molar-refractivity contribution is 0.206. The van der Waals surface area contributed by atoms with E-state index in [1.165, 1.54) is 0 Å². The molecule has 3 rings (SSSR count). The molecule has 0 bridgehead atoms. The van der Waals surface area contributed by atoms with Crippen LogP contribution in [-0.2, 0) is 11.2 Å². The topological polar surface area (TPSA) is 97.3 Å². The van der Waals surface area contributed by atoms with Crippen molar-refractivity contribution in [3.05, 3.63) is 65.5 Å². The van der Waals surface area contributed by atoms with Gasteiger partial charge in [0.05, 0.1) is 23.9 Å². The first-order valence-corrected chi connectivity index (χ1v) is 10.1. The molecule has 2 N–H and O–H groups in total. The van der Waals surface area contributed by atoms with Crippen LogP contribution in [0.1, 0.15) is 16.8 Å². The summed E-state index contributed by atoms with van der Waals surface area (Å²) in [5.41, 5.74) is 9.63. The Morgan fingerprint density at radius 3 is 2.68 bits per heavy atom. The highest BCUT2D eigenvalue weighted by atomic mass is 16.5. The molecular formula is C24H27N5O2. The molecule has 0 saturated carbocycles. The number of aromatic nitrogens is 2. The van der Waals surface area contributed by atoms with Gasteiger partial charge in [-0.3, -0.25) is 4.98 Å². The van der Waals surface area contributed by atoms with Gasteiger partial charge in [-0.05, 0) is 49.7 Å². The predicted octanol–water partition coefficient (Wildman–Crippen LogP) is 3.70. The number of aryl methyl sites for hydroxylation is 1. The van der Waals surface area contributed by atoms with E-state index < -0.39 is 0 Å². The number of hydrogen-bond acceptors (Lipinski definition) is 7. The number of benzene rings is 1. The number of nitrogens with two attached hydrogens (primary N) is 1. The van der Waals surface area contributed by atoms with E-state index in [1.807, 2.05) is 55.4 Å². The minimum atomic E-state index is 0.515. The van der Waals surface area contributed by atoms with E-state index in [-0.39, 0.29) is 0 Å². The number of nitriles is 1. The molecule has 31 heavy (non-hydrogen) atoms. The zero-order chi connectivity index (χ0) is 22.2. The van der Waals surface area contributed by atoms with E-state index in [0.717, 1.165) is 34.8 Å². The second-order valence-corrected chi connectivity index (χ2v) is 7.23. The molecule has 0 radical (unpaired) electrons. The van der Waals surface area contributed by atoms with E-state index >= 15 is 0 Å². The molecule has 0 aliphatic rings. The molecule has 0 aliphatic heterocycles. The maximum Gasteiger partial charge on any atom is 0.138 e. The molecule has 7 heteroatoms. The fourth-order valence-electron chi connectivity index (χ4n) is 3.13. The van der Waals surface area contributed by atoms with Crippen molar-refractivity contribution in [2.45, 2.75) is 13.3 Å². The minimum absolute atomic E-state index is 0.515. The Morgan fingerprint density at radius 2 is 2.00 bits per heavy atom. The van der Waals surface area contributed by atoms with Crippen LogP contribution in [0.25, 0.3) is 11.3 Å². The van der Waals surface area contributed by atoms with Gasteiger partial charge >= 0.3 is 0 Å². The largest absolute Gasteiger partial charge is 0.456 e. The van der Waals surface area contributed by atoms with Gasteiger partial charge in [0.2, 0.25) is 0 Å². The number of methoxy groups -OCH3 is 1. The number of hydrogen-bond donors (Lipinski definition) is 1. The summed E-state index contributed by atoms with van der Waals surface area (Å²) < 4.78 is 11.4.